The maximum Gasteiger partial charge on any atom is 0.312 e. The van der Waals surface area contributed by atoms with Crippen LogP contribution in [0.25, 0.3) is 0 Å². The number of piperidine rings is 1. The first-order chi connectivity index (χ1) is 11.5. The van der Waals surface area contributed by atoms with Crippen molar-refractivity contribution in [3.8, 4) is 0 Å². The molecule has 1 aromatic rings. The topological polar surface area (TPSA) is 55.8 Å². The maximum atomic E-state index is 13.4. The molecule has 2 aliphatic heterocycles. The molecule has 2 bridgehead atoms. The number of esters is 1. The summed E-state index contributed by atoms with van der Waals surface area (Å²) in [6.07, 6.45) is 4.14. The van der Waals surface area contributed by atoms with Crippen LogP contribution in [-0.4, -0.2) is 49.5 Å². The molecule has 0 amide bonds. The molecule has 132 valence electrons. The average molecular weight is 369 g/mol. The lowest BCUT2D eigenvalue weighted by atomic mass is 9.88. The summed E-state index contributed by atoms with van der Waals surface area (Å²) < 4.78 is 24.6. The quantitative estimate of drug-likeness (QED) is 0.588. The van der Waals surface area contributed by atoms with Gasteiger partial charge in [-0.05, 0) is 44.7 Å². The Bertz CT molecular complexity index is 641. The Balaban J connectivity index is 1.89. The fraction of sp³-hybridized carbons (Fsp3) is 0.588. The molecule has 5 atom stereocenters. The van der Waals surface area contributed by atoms with Crippen LogP contribution in [0.2, 0.25) is 0 Å². The van der Waals surface area contributed by atoms with Crippen LogP contribution in [-0.2, 0) is 18.6 Å². The molecule has 2 fully saturated rings. The van der Waals surface area contributed by atoms with Gasteiger partial charge in [0.05, 0.1) is 19.1 Å². The number of methoxy groups -OCH3 is 1. The van der Waals surface area contributed by atoms with Crippen LogP contribution >= 0.6 is 18.0 Å². The highest BCUT2D eigenvalue weighted by Gasteiger charge is 2.51. The van der Waals surface area contributed by atoms with E-state index in [0.717, 1.165) is 12.8 Å². The zero-order valence-electron chi connectivity index (χ0n) is 14.3. The molecule has 5 nitrogen and oxygen atoms in total. The molecule has 0 radical (unpaired) electrons. The Morgan fingerprint density at radius 3 is 2.62 bits per heavy atom. The van der Waals surface area contributed by atoms with Gasteiger partial charge < -0.3 is 9.26 Å². The van der Waals surface area contributed by atoms with E-state index >= 15 is 0 Å². The summed E-state index contributed by atoms with van der Waals surface area (Å²) in [7, 11) is 3.46. The van der Waals surface area contributed by atoms with Gasteiger partial charge in [0.25, 0.3) is 6.57 Å². The number of hydrogen-bond donors (Lipinski definition) is 0. The standard InChI is InChI=1S/C17H24NO4PS/c1-18-12-9-10-14(18)16(17(19)21-2)15(11-12)22-23(20,24-3)13-7-5-4-6-8-13/h4-8,12,14-16H,9-11H2,1-3H3/t12-,14+,15-,16+,23?/m0/s1. The highest BCUT2D eigenvalue weighted by atomic mass is 32.7. The lowest BCUT2D eigenvalue weighted by Crippen LogP contribution is -2.53. The third-order valence-electron chi connectivity index (χ3n) is 5.27. The fourth-order valence-electron chi connectivity index (χ4n) is 3.97. The van der Waals surface area contributed by atoms with Gasteiger partial charge in [-0.25, -0.2) is 0 Å². The summed E-state index contributed by atoms with van der Waals surface area (Å²) >= 11 is 1.23. The Labute approximate surface area is 147 Å². The summed E-state index contributed by atoms with van der Waals surface area (Å²) in [5.41, 5.74) is 0. The van der Waals surface area contributed by atoms with Gasteiger partial charge in [-0.2, -0.15) is 0 Å². The van der Waals surface area contributed by atoms with E-state index in [1.165, 1.54) is 18.5 Å². The molecule has 2 heterocycles. The van der Waals surface area contributed by atoms with E-state index in [0.29, 0.717) is 17.8 Å². The molecule has 1 unspecified atom stereocenters. The van der Waals surface area contributed by atoms with Crippen molar-refractivity contribution in [2.45, 2.75) is 37.5 Å². The van der Waals surface area contributed by atoms with Gasteiger partial charge in [-0.15, -0.1) is 0 Å². The number of rotatable bonds is 5. The second-order valence-electron chi connectivity index (χ2n) is 6.41. The SMILES string of the molecule is COC(=O)[C@H]1[C@@H](OP(=O)(SC)c2ccccc2)C[C@@H]2CC[C@H]1N2C. The molecule has 7 heteroatoms. The number of ether oxygens (including phenoxy) is 1. The summed E-state index contributed by atoms with van der Waals surface area (Å²) in [5.74, 6) is -0.652. The summed E-state index contributed by atoms with van der Waals surface area (Å²) in [6.45, 7) is -3.06. The minimum absolute atomic E-state index is 0.104. The first-order valence-electron chi connectivity index (χ1n) is 8.19. The summed E-state index contributed by atoms with van der Waals surface area (Å²) in [5, 5.41) is 0.687. The van der Waals surface area contributed by atoms with Crippen molar-refractivity contribution in [2.24, 2.45) is 5.92 Å². The highest BCUT2D eigenvalue weighted by molar-refractivity contribution is 8.58. The molecule has 0 N–H and O–H groups in total. The minimum Gasteiger partial charge on any atom is -0.469 e. The van der Waals surface area contributed by atoms with Crippen LogP contribution in [0.3, 0.4) is 0 Å². The highest BCUT2D eigenvalue weighted by Crippen LogP contribution is 2.60. The van der Waals surface area contributed by atoms with E-state index in [4.69, 9.17) is 9.26 Å². The van der Waals surface area contributed by atoms with E-state index in [2.05, 4.69) is 11.9 Å². The largest absolute Gasteiger partial charge is 0.469 e. The van der Waals surface area contributed by atoms with Gasteiger partial charge in [0.1, 0.15) is 0 Å². The lowest BCUT2D eigenvalue weighted by molar-refractivity contribution is -0.154. The Morgan fingerprint density at radius 1 is 1.29 bits per heavy atom. The minimum atomic E-state index is -3.06. The van der Waals surface area contributed by atoms with Crippen LogP contribution < -0.4 is 5.30 Å². The fourth-order valence-corrected chi connectivity index (χ4v) is 7.09. The monoisotopic (exact) mass is 369 g/mol. The van der Waals surface area contributed by atoms with E-state index in [1.807, 2.05) is 30.3 Å². The Hall–Kier alpha value is -0.810. The van der Waals surface area contributed by atoms with Crippen molar-refractivity contribution >= 4 is 29.2 Å². The molecular formula is C17H24NO4PS. The number of hydrogen-bond acceptors (Lipinski definition) is 6. The van der Waals surface area contributed by atoms with E-state index in [-0.39, 0.29) is 24.0 Å². The molecule has 1 aromatic carbocycles. The van der Waals surface area contributed by atoms with Crippen LogP contribution in [0.5, 0.6) is 0 Å². The van der Waals surface area contributed by atoms with Gasteiger partial charge in [-0.3, -0.25) is 14.3 Å². The van der Waals surface area contributed by atoms with E-state index < -0.39 is 6.57 Å². The van der Waals surface area contributed by atoms with Crippen molar-refractivity contribution in [2.75, 3.05) is 20.4 Å². The van der Waals surface area contributed by atoms with Crippen molar-refractivity contribution in [3.63, 3.8) is 0 Å². The molecular weight excluding hydrogens is 345 g/mol. The predicted molar refractivity (Wildman–Crippen MR) is 96.8 cm³/mol. The molecule has 3 rings (SSSR count). The van der Waals surface area contributed by atoms with Crippen molar-refractivity contribution < 1.29 is 18.6 Å². The van der Waals surface area contributed by atoms with Crippen molar-refractivity contribution in [1.29, 1.82) is 0 Å². The van der Waals surface area contributed by atoms with Crippen LogP contribution in [0.4, 0.5) is 0 Å². The third-order valence-corrected chi connectivity index (χ3v) is 9.57. The number of benzene rings is 1. The molecule has 24 heavy (non-hydrogen) atoms. The van der Waals surface area contributed by atoms with Gasteiger partial charge in [-0.1, -0.05) is 29.6 Å². The second kappa shape index (κ2) is 7.20. The maximum absolute atomic E-state index is 13.4. The van der Waals surface area contributed by atoms with Crippen molar-refractivity contribution in [3.05, 3.63) is 30.3 Å². The average Bonchev–Trinajstić information content (AvgIpc) is 2.85. The third kappa shape index (κ3) is 3.17. The number of nitrogens with zero attached hydrogens (tertiary/aromatic N) is 1. The molecule has 2 saturated heterocycles. The Kier molecular flexibility index (Phi) is 5.40. The normalized spacial score (nSPS) is 32.3. The summed E-state index contributed by atoms with van der Waals surface area (Å²) in [6, 6.07) is 9.75. The Morgan fingerprint density at radius 2 is 2.00 bits per heavy atom. The number of carbonyl (C=O) groups excluding carboxylic acids is 1. The van der Waals surface area contributed by atoms with Gasteiger partial charge in [0, 0.05) is 17.4 Å². The molecule has 0 aromatic heterocycles. The number of fused-ring (bicyclic) bond motifs is 2. The molecule has 0 spiro atoms. The number of carbonyl (C=O) groups is 1. The van der Waals surface area contributed by atoms with Crippen molar-refractivity contribution in [1.82, 2.24) is 4.90 Å². The van der Waals surface area contributed by atoms with Crippen LogP contribution in [0.15, 0.2) is 30.3 Å². The van der Waals surface area contributed by atoms with Crippen LogP contribution in [0, 0.1) is 5.92 Å². The molecule has 0 aliphatic carbocycles. The zero-order chi connectivity index (χ0) is 17.3. The summed E-state index contributed by atoms with van der Waals surface area (Å²) in [4.78, 5) is 14.7. The van der Waals surface area contributed by atoms with Crippen LogP contribution in [0.1, 0.15) is 19.3 Å². The predicted octanol–water partition coefficient (Wildman–Crippen LogP) is 2.91. The lowest BCUT2D eigenvalue weighted by Gasteiger charge is -2.41. The first kappa shape index (κ1) is 18.0. The van der Waals surface area contributed by atoms with E-state index in [9.17, 15) is 9.36 Å². The second-order valence-corrected chi connectivity index (χ2v) is 11.0. The molecule has 0 saturated carbocycles. The first-order valence-corrected chi connectivity index (χ1v) is 11.6. The van der Waals surface area contributed by atoms with E-state index in [1.54, 1.807) is 6.26 Å². The zero-order valence-corrected chi connectivity index (χ0v) is 16.0. The van der Waals surface area contributed by atoms with Gasteiger partial charge >= 0.3 is 5.97 Å². The van der Waals surface area contributed by atoms with Gasteiger partial charge in [0.15, 0.2) is 0 Å². The van der Waals surface area contributed by atoms with Gasteiger partial charge in [0.2, 0.25) is 0 Å². The smallest absolute Gasteiger partial charge is 0.312 e. The molecule has 2 aliphatic rings.